The Morgan fingerprint density at radius 1 is 0.587 bits per heavy atom. The first kappa shape index (κ1) is 33.7. The van der Waals surface area contributed by atoms with Crippen LogP contribution in [-0.2, 0) is 13.7 Å². The van der Waals surface area contributed by atoms with Gasteiger partial charge < -0.3 is 0 Å². The van der Waals surface area contributed by atoms with Crippen LogP contribution in [0.5, 0.6) is 0 Å². The number of benzene rings is 4. The van der Waals surface area contributed by atoms with Crippen LogP contribution in [0.15, 0.2) is 117 Å². The van der Waals surface area contributed by atoms with Gasteiger partial charge in [0.15, 0.2) is 5.43 Å². The van der Waals surface area contributed by atoms with Crippen molar-refractivity contribution >= 4 is 51.9 Å². The van der Waals surface area contributed by atoms with Gasteiger partial charge in [0, 0.05) is 34.9 Å². The number of rotatable bonds is 8. The van der Waals surface area contributed by atoms with Gasteiger partial charge in [-0.25, -0.2) is 8.02 Å². The van der Waals surface area contributed by atoms with Crippen LogP contribution in [0.4, 0.5) is 43.9 Å². The van der Waals surface area contributed by atoms with E-state index in [-0.39, 0.29) is 30.0 Å². The predicted octanol–water partition coefficient (Wildman–Crippen LogP) is 9.52. The van der Waals surface area contributed by atoms with Crippen LogP contribution >= 0.6 is 21.6 Å². The first-order valence-electron chi connectivity index (χ1n) is 12.5. The molecule has 4 nitrogen and oxygen atoms in total. The van der Waals surface area contributed by atoms with E-state index >= 15 is 8.78 Å². The Morgan fingerprint density at radius 3 is 1.65 bits per heavy atom. The zero-order chi connectivity index (χ0) is 33.9. The van der Waals surface area contributed by atoms with Gasteiger partial charge in [0.25, 0.3) is 0 Å². The summed E-state index contributed by atoms with van der Waals surface area (Å²) in [4.78, 5) is 12.4. The number of fused-ring (bicyclic) bond motifs is 2. The molecule has 46 heavy (non-hydrogen) atoms. The van der Waals surface area contributed by atoms with Gasteiger partial charge in [-0.3, -0.25) is 4.79 Å². The molecule has 0 saturated heterocycles. The Labute approximate surface area is 258 Å². The lowest BCUT2D eigenvalue weighted by molar-refractivity contribution is -0.382. The minimum atomic E-state index is -7.54. The van der Waals surface area contributed by atoms with Crippen molar-refractivity contribution in [2.45, 2.75) is 38.0 Å². The highest BCUT2D eigenvalue weighted by atomic mass is 32.3. The molecule has 5 aromatic rings. The van der Waals surface area contributed by atoms with E-state index in [0.717, 1.165) is 65.9 Å². The van der Waals surface area contributed by atoms with Crippen molar-refractivity contribution in [2.24, 2.45) is 0 Å². The number of hydrogen-bond donors (Lipinski definition) is 0. The smallest absolute Gasteiger partial charge is 0.289 e. The summed E-state index contributed by atoms with van der Waals surface area (Å²) in [5, 5.41) is -7.32. The average Bonchev–Trinajstić information content (AvgIpc) is 3.00. The fraction of sp³-hybridized carbons (Fsp3) is 0.138. The fourth-order valence-electron chi connectivity index (χ4n) is 4.43. The number of hydrogen-bond acceptors (Lipinski definition) is 5. The zero-order valence-electron chi connectivity index (χ0n) is 22.4. The summed E-state index contributed by atoms with van der Waals surface area (Å²) in [6.07, 6.45) is -7.28. The molecular weight excluding hydrogens is 698 g/mol. The molecule has 0 unspecified atom stereocenters. The van der Waals surface area contributed by atoms with Crippen molar-refractivity contribution in [3.8, 4) is 0 Å². The summed E-state index contributed by atoms with van der Waals surface area (Å²) in [6.45, 7) is 0. The van der Waals surface area contributed by atoms with Crippen molar-refractivity contribution in [1.29, 1.82) is 0 Å². The standard InChI is InChI=1S/C29H16F10O4S3/c30-17-11-13-21-24(15-17)44-23-14-12-20(16-22(23)25(21)40)45(18-7-3-1-4-8-18,19-9-5-2-6-10-19)43-46(41,42)29(38,39)27(33,34)26(31,32)28(35,36)37/h1-16H. The highest BCUT2D eigenvalue weighted by Crippen LogP contribution is 2.71. The van der Waals surface area contributed by atoms with Crippen molar-refractivity contribution in [3.63, 3.8) is 0 Å². The van der Waals surface area contributed by atoms with Gasteiger partial charge in [0.1, 0.15) is 5.82 Å². The second kappa shape index (κ2) is 11.2. The maximum Gasteiger partial charge on any atom is 0.460 e. The molecule has 1 heterocycles. The van der Waals surface area contributed by atoms with Gasteiger partial charge in [-0.05, 0) is 71.0 Å². The summed E-state index contributed by atoms with van der Waals surface area (Å²) >= 11 is 0.917. The Bertz CT molecular complexity index is 2060. The molecule has 4 aromatic carbocycles. The monoisotopic (exact) mass is 714 g/mol. The van der Waals surface area contributed by atoms with Gasteiger partial charge in [0.05, 0.1) is 0 Å². The summed E-state index contributed by atoms with van der Waals surface area (Å²) in [7, 11) is -11.7. The molecule has 0 bridgehead atoms. The Morgan fingerprint density at radius 2 is 1.13 bits per heavy atom. The van der Waals surface area contributed by atoms with E-state index in [4.69, 9.17) is 3.63 Å². The van der Waals surface area contributed by atoms with Crippen molar-refractivity contribution in [1.82, 2.24) is 0 Å². The predicted molar refractivity (Wildman–Crippen MR) is 152 cm³/mol. The van der Waals surface area contributed by atoms with Gasteiger partial charge >= 0.3 is 33.4 Å². The van der Waals surface area contributed by atoms with Crippen molar-refractivity contribution in [3.05, 3.63) is 113 Å². The van der Waals surface area contributed by atoms with E-state index in [1.165, 1.54) is 42.5 Å². The maximum atomic E-state index is 15.1. The molecule has 0 amide bonds. The second-order valence-corrected chi connectivity index (χ2v) is 15.2. The summed E-state index contributed by atoms with van der Waals surface area (Å²) in [5.74, 6) is -15.7. The SMILES string of the molecule is O=c1c2ccc(F)cc2sc2ccc(S(OS(=O)(=O)C(F)(F)C(F)(F)C(F)(F)C(F)(F)F)(c3ccccc3)c3ccccc3)cc12. The molecule has 0 aliphatic carbocycles. The van der Waals surface area contributed by atoms with Crippen LogP contribution in [0.1, 0.15) is 0 Å². The molecule has 17 heteroatoms. The quantitative estimate of drug-likeness (QED) is 0.119. The molecular formula is C29H16F10O4S3. The molecule has 0 fully saturated rings. The van der Waals surface area contributed by atoms with E-state index < -0.39 is 59.8 Å². The molecule has 0 radical (unpaired) electrons. The van der Waals surface area contributed by atoms with E-state index in [1.807, 2.05) is 0 Å². The Kier molecular flexibility index (Phi) is 8.23. The topological polar surface area (TPSA) is 60.4 Å². The van der Waals surface area contributed by atoms with E-state index in [2.05, 4.69) is 0 Å². The maximum absolute atomic E-state index is 15.1. The van der Waals surface area contributed by atoms with Gasteiger partial charge in [-0.15, -0.1) is 11.3 Å². The lowest BCUT2D eigenvalue weighted by atomic mass is 10.1. The van der Waals surface area contributed by atoms with E-state index in [9.17, 15) is 48.3 Å². The van der Waals surface area contributed by atoms with Gasteiger partial charge in [-0.2, -0.15) is 47.9 Å². The first-order valence-corrected chi connectivity index (χ1v) is 16.3. The molecule has 0 aliphatic heterocycles. The van der Waals surface area contributed by atoms with Gasteiger partial charge in [-0.1, -0.05) is 36.4 Å². The number of halogens is 10. The van der Waals surface area contributed by atoms with Crippen LogP contribution in [0.2, 0.25) is 0 Å². The molecule has 0 saturated carbocycles. The van der Waals surface area contributed by atoms with Crippen LogP contribution in [0.25, 0.3) is 20.2 Å². The lowest BCUT2D eigenvalue weighted by Gasteiger charge is -2.41. The highest BCUT2D eigenvalue weighted by Gasteiger charge is 2.86. The first-order chi connectivity index (χ1) is 21.3. The molecule has 0 spiro atoms. The third kappa shape index (κ3) is 5.12. The minimum Gasteiger partial charge on any atom is -0.289 e. The summed E-state index contributed by atoms with van der Waals surface area (Å²) in [5.41, 5.74) is -0.732. The van der Waals surface area contributed by atoms with E-state index in [1.54, 1.807) is 0 Å². The van der Waals surface area contributed by atoms with Crippen molar-refractivity contribution < 1.29 is 56.0 Å². The van der Waals surface area contributed by atoms with Crippen LogP contribution in [0.3, 0.4) is 0 Å². The van der Waals surface area contributed by atoms with Gasteiger partial charge in [0.2, 0.25) is 0 Å². The molecule has 5 rings (SSSR count). The molecule has 0 atom stereocenters. The van der Waals surface area contributed by atoms with Crippen LogP contribution in [0, 0.1) is 5.82 Å². The molecule has 1 aromatic heterocycles. The normalized spacial score (nSPS) is 14.1. The fourth-order valence-corrected chi connectivity index (χ4v) is 10.8. The third-order valence-electron chi connectivity index (χ3n) is 6.71. The summed E-state index contributed by atoms with van der Waals surface area (Å²) < 4.78 is 171. The third-order valence-corrected chi connectivity index (χ3v) is 13.0. The molecule has 0 aliphatic rings. The average molecular weight is 715 g/mol. The minimum absolute atomic E-state index is 0.00479. The van der Waals surface area contributed by atoms with Crippen LogP contribution in [-0.4, -0.2) is 31.7 Å². The lowest BCUT2D eigenvalue weighted by Crippen LogP contribution is -2.63. The zero-order valence-corrected chi connectivity index (χ0v) is 24.8. The highest BCUT2D eigenvalue weighted by molar-refractivity contribution is 8.33. The largest absolute Gasteiger partial charge is 0.460 e. The van der Waals surface area contributed by atoms with E-state index in [0.29, 0.717) is 0 Å². The molecule has 244 valence electrons. The Hall–Kier alpha value is -3.67. The summed E-state index contributed by atoms with van der Waals surface area (Å²) in [6, 6.07) is 18.9. The molecule has 0 N–H and O–H groups in total. The van der Waals surface area contributed by atoms with Crippen molar-refractivity contribution in [2.75, 3.05) is 0 Å². The second-order valence-electron chi connectivity index (χ2n) is 9.60. The Balaban J connectivity index is 1.84. The van der Waals surface area contributed by atoms with Crippen LogP contribution < -0.4 is 5.43 Å². The number of alkyl halides is 9.